The maximum absolute atomic E-state index is 13.0. The monoisotopic (exact) mass is 308 g/mol. The quantitative estimate of drug-likeness (QED) is 0.904. The van der Waals surface area contributed by atoms with Crippen molar-refractivity contribution < 1.29 is 12.8 Å². The van der Waals surface area contributed by atoms with Crippen LogP contribution in [-0.4, -0.2) is 31.9 Å². The molecular formula is C12H18ClFN2O2S. The molecule has 19 heavy (non-hydrogen) atoms. The Labute approximate surface area is 119 Å². The van der Waals surface area contributed by atoms with Gasteiger partial charge in [0.2, 0.25) is 10.0 Å². The van der Waals surface area contributed by atoms with Gasteiger partial charge in [0.1, 0.15) is 5.82 Å². The minimum absolute atomic E-state index is 0. The highest BCUT2D eigenvalue weighted by Crippen LogP contribution is 2.23. The molecule has 0 aromatic heterocycles. The van der Waals surface area contributed by atoms with Crippen LogP contribution in [0.5, 0.6) is 0 Å². The molecule has 1 atom stereocenters. The second-order valence-corrected chi connectivity index (χ2v) is 6.58. The first-order valence-electron chi connectivity index (χ1n) is 5.93. The standard InChI is InChI=1S/C12H17FN2O2S.ClH/c1-9-7-10(13)4-5-12(9)18(16,17)15-6-2-3-11(14)8-15;/h4-5,7,11H,2-3,6,8,14H2,1H3;1H/t11-;/m1./s1. The van der Waals surface area contributed by atoms with E-state index in [4.69, 9.17) is 5.73 Å². The lowest BCUT2D eigenvalue weighted by Crippen LogP contribution is -2.45. The molecule has 7 heteroatoms. The van der Waals surface area contributed by atoms with Crippen molar-refractivity contribution in [1.29, 1.82) is 0 Å². The molecule has 1 aromatic carbocycles. The summed E-state index contributed by atoms with van der Waals surface area (Å²) in [5.41, 5.74) is 6.22. The molecule has 0 amide bonds. The van der Waals surface area contributed by atoms with Gasteiger partial charge in [-0.1, -0.05) is 0 Å². The third-order valence-corrected chi connectivity index (χ3v) is 5.20. The highest BCUT2D eigenvalue weighted by Gasteiger charge is 2.29. The van der Waals surface area contributed by atoms with Crippen LogP contribution in [0.15, 0.2) is 23.1 Å². The zero-order chi connectivity index (χ0) is 13.3. The van der Waals surface area contributed by atoms with E-state index in [9.17, 15) is 12.8 Å². The van der Waals surface area contributed by atoms with Gasteiger partial charge in [-0.25, -0.2) is 12.8 Å². The van der Waals surface area contributed by atoms with E-state index in [1.807, 2.05) is 0 Å². The highest BCUT2D eigenvalue weighted by molar-refractivity contribution is 7.89. The van der Waals surface area contributed by atoms with E-state index in [0.29, 0.717) is 18.7 Å². The molecule has 0 bridgehead atoms. The fraction of sp³-hybridized carbons (Fsp3) is 0.500. The van der Waals surface area contributed by atoms with E-state index in [1.165, 1.54) is 22.5 Å². The lowest BCUT2D eigenvalue weighted by molar-refractivity contribution is 0.316. The summed E-state index contributed by atoms with van der Waals surface area (Å²) in [7, 11) is -3.56. The average Bonchev–Trinajstić information content (AvgIpc) is 2.28. The fourth-order valence-electron chi connectivity index (χ4n) is 2.23. The normalized spacial score (nSPS) is 20.9. The summed E-state index contributed by atoms with van der Waals surface area (Å²) in [5.74, 6) is -0.429. The Bertz CT molecular complexity index is 551. The van der Waals surface area contributed by atoms with Crippen molar-refractivity contribution in [3.05, 3.63) is 29.6 Å². The van der Waals surface area contributed by atoms with Crippen molar-refractivity contribution >= 4 is 22.4 Å². The van der Waals surface area contributed by atoms with Crippen LogP contribution in [0.2, 0.25) is 0 Å². The lowest BCUT2D eigenvalue weighted by atomic mass is 10.1. The number of piperidine rings is 1. The number of sulfonamides is 1. The molecule has 1 aliphatic rings. The number of hydrogen-bond acceptors (Lipinski definition) is 3. The van der Waals surface area contributed by atoms with Gasteiger partial charge in [-0.15, -0.1) is 12.4 Å². The first kappa shape index (κ1) is 16.4. The highest BCUT2D eigenvalue weighted by atomic mass is 35.5. The molecule has 0 saturated carbocycles. The molecule has 4 nitrogen and oxygen atoms in total. The molecular weight excluding hydrogens is 291 g/mol. The summed E-state index contributed by atoms with van der Waals surface area (Å²) >= 11 is 0. The van der Waals surface area contributed by atoms with Crippen LogP contribution in [0.3, 0.4) is 0 Å². The molecule has 0 unspecified atom stereocenters. The van der Waals surface area contributed by atoms with E-state index in [-0.39, 0.29) is 23.3 Å². The Kier molecular flexibility index (Phi) is 5.32. The zero-order valence-corrected chi connectivity index (χ0v) is 12.3. The third kappa shape index (κ3) is 3.45. The first-order valence-corrected chi connectivity index (χ1v) is 7.37. The van der Waals surface area contributed by atoms with Gasteiger partial charge in [0.05, 0.1) is 4.90 Å². The van der Waals surface area contributed by atoms with E-state index in [0.717, 1.165) is 12.8 Å². The molecule has 1 heterocycles. The maximum atomic E-state index is 13.0. The summed E-state index contributed by atoms with van der Waals surface area (Å²) in [6.07, 6.45) is 1.61. The summed E-state index contributed by atoms with van der Waals surface area (Å²) in [5, 5.41) is 0. The van der Waals surface area contributed by atoms with E-state index >= 15 is 0 Å². The molecule has 2 N–H and O–H groups in total. The van der Waals surface area contributed by atoms with Crippen molar-refractivity contribution in [1.82, 2.24) is 4.31 Å². The minimum atomic E-state index is -3.56. The van der Waals surface area contributed by atoms with Gasteiger partial charge in [0.15, 0.2) is 0 Å². The molecule has 108 valence electrons. The zero-order valence-electron chi connectivity index (χ0n) is 10.7. The molecule has 1 aromatic rings. The SMILES string of the molecule is Cc1cc(F)ccc1S(=O)(=O)N1CCC[C@@H](N)C1.Cl. The topological polar surface area (TPSA) is 63.4 Å². The fourth-order valence-corrected chi connectivity index (χ4v) is 3.97. The first-order chi connectivity index (χ1) is 8.41. The molecule has 1 aliphatic heterocycles. The molecule has 0 spiro atoms. The van der Waals surface area contributed by atoms with E-state index in [1.54, 1.807) is 6.92 Å². The van der Waals surface area contributed by atoms with Crippen LogP contribution in [0, 0.1) is 12.7 Å². The number of nitrogens with two attached hydrogens (primary N) is 1. The lowest BCUT2D eigenvalue weighted by Gasteiger charge is -2.30. The summed E-state index contributed by atoms with van der Waals surface area (Å²) in [4.78, 5) is 0.165. The maximum Gasteiger partial charge on any atom is 0.243 e. The number of benzene rings is 1. The Morgan fingerprint density at radius 2 is 2.11 bits per heavy atom. The molecule has 2 rings (SSSR count). The van der Waals surface area contributed by atoms with Crippen molar-refractivity contribution in [3.63, 3.8) is 0 Å². The predicted octanol–water partition coefficient (Wildman–Crippen LogP) is 1.67. The Balaban J connectivity index is 0.00000180. The summed E-state index contributed by atoms with van der Waals surface area (Å²) in [6, 6.07) is 3.61. The van der Waals surface area contributed by atoms with Gasteiger partial charge in [0, 0.05) is 19.1 Å². The van der Waals surface area contributed by atoms with Crippen LogP contribution >= 0.6 is 12.4 Å². The van der Waals surface area contributed by atoms with Crippen molar-refractivity contribution in [2.45, 2.75) is 30.7 Å². The minimum Gasteiger partial charge on any atom is -0.327 e. The average molecular weight is 309 g/mol. The predicted molar refractivity (Wildman–Crippen MR) is 74.4 cm³/mol. The Hall–Kier alpha value is -0.690. The molecule has 1 fully saturated rings. The van der Waals surface area contributed by atoms with E-state index < -0.39 is 15.8 Å². The van der Waals surface area contributed by atoms with Crippen LogP contribution < -0.4 is 5.73 Å². The van der Waals surface area contributed by atoms with Gasteiger partial charge >= 0.3 is 0 Å². The van der Waals surface area contributed by atoms with Crippen LogP contribution in [-0.2, 0) is 10.0 Å². The van der Waals surface area contributed by atoms with Crippen molar-refractivity contribution in [2.75, 3.05) is 13.1 Å². The smallest absolute Gasteiger partial charge is 0.243 e. The van der Waals surface area contributed by atoms with Gasteiger partial charge in [-0.05, 0) is 43.5 Å². The number of rotatable bonds is 2. The van der Waals surface area contributed by atoms with Crippen LogP contribution in [0.4, 0.5) is 4.39 Å². The number of nitrogens with zero attached hydrogens (tertiary/aromatic N) is 1. The van der Waals surface area contributed by atoms with Gasteiger partial charge in [0.25, 0.3) is 0 Å². The van der Waals surface area contributed by atoms with Crippen molar-refractivity contribution in [3.8, 4) is 0 Å². The third-order valence-electron chi connectivity index (χ3n) is 3.18. The van der Waals surface area contributed by atoms with Gasteiger partial charge in [-0.2, -0.15) is 4.31 Å². The number of halogens is 2. The summed E-state index contributed by atoms with van der Waals surface area (Å²) < 4.78 is 39.2. The summed E-state index contributed by atoms with van der Waals surface area (Å²) in [6.45, 7) is 2.41. The second kappa shape index (κ2) is 6.17. The van der Waals surface area contributed by atoms with Crippen molar-refractivity contribution in [2.24, 2.45) is 5.73 Å². The molecule has 1 saturated heterocycles. The second-order valence-electron chi connectivity index (χ2n) is 4.68. The van der Waals surface area contributed by atoms with E-state index in [2.05, 4.69) is 0 Å². The molecule has 0 aliphatic carbocycles. The Morgan fingerprint density at radius 1 is 1.42 bits per heavy atom. The largest absolute Gasteiger partial charge is 0.327 e. The van der Waals surface area contributed by atoms with Gasteiger partial charge in [-0.3, -0.25) is 0 Å². The van der Waals surface area contributed by atoms with Gasteiger partial charge < -0.3 is 5.73 Å². The van der Waals surface area contributed by atoms with Crippen LogP contribution in [0.25, 0.3) is 0 Å². The number of aryl methyl sites for hydroxylation is 1. The van der Waals surface area contributed by atoms with Crippen LogP contribution in [0.1, 0.15) is 18.4 Å². The number of hydrogen-bond donors (Lipinski definition) is 1. The molecule has 0 radical (unpaired) electrons. The Morgan fingerprint density at radius 3 is 2.68 bits per heavy atom.